The first-order valence-electron chi connectivity index (χ1n) is 10.6. The number of carbonyl (C=O) groups is 2. The van der Waals surface area contributed by atoms with Crippen molar-refractivity contribution in [1.82, 2.24) is 0 Å². The van der Waals surface area contributed by atoms with Crippen molar-refractivity contribution in [1.29, 1.82) is 5.26 Å². The number of rotatable bonds is 6. The summed E-state index contributed by atoms with van der Waals surface area (Å²) in [6, 6.07) is 17.0. The summed E-state index contributed by atoms with van der Waals surface area (Å²) in [6.45, 7) is 0.0349. The van der Waals surface area contributed by atoms with Crippen molar-refractivity contribution in [2.75, 3.05) is 12.1 Å². The lowest BCUT2D eigenvalue weighted by Gasteiger charge is -2.20. The number of carbonyl (C=O) groups excluding carboxylic acids is 2. The lowest BCUT2D eigenvalue weighted by atomic mass is 10.1. The normalized spacial score (nSPS) is 13.4. The molecule has 0 bridgehead atoms. The van der Waals surface area contributed by atoms with Gasteiger partial charge in [0.25, 0.3) is 5.91 Å². The number of hydrogen-bond donors (Lipinski definition) is 1. The molecule has 188 valence electrons. The number of nitrogens with one attached hydrogen (secondary N) is 1. The smallest absolute Gasteiger partial charge is 0.418 e. The summed E-state index contributed by atoms with van der Waals surface area (Å²) in [4.78, 5) is 26.0. The Morgan fingerprint density at radius 3 is 2.49 bits per heavy atom. The van der Waals surface area contributed by atoms with E-state index in [0.29, 0.717) is 23.1 Å². The van der Waals surface area contributed by atoms with Gasteiger partial charge in [-0.25, -0.2) is 4.79 Å². The van der Waals surface area contributed by atoms with Gasteiger partial charge in [-0.3, -0.25) is 4.79 Å². The second-order valence-electron chi connectivity index (χ2n) is 7.66. The maximum absolute atomic E-state index is 13.5. The zero-order valence-electron chi connectivity index (χ0n) is 18.7. The number of fused-ring (bicyclic) bond motifs is 1. The average Bonchev–Trinajstić information content (AvgIpc) is 3.34. The summed E-state index contributed by atoms with van der Waals surface area (Å²) in [6.07, 6.45) is -5.25. The van der Waals surface area contributed by atoms with Gasteiger partial charge in [0.05, 0.1) is 11.3 Å². The van der Waals surface area contributed by atoms with Crippen molar-refractivity contribution in [3.05, 3.63) is 94.0 Å². The van der Waals surface area contributed by atoms with E-state index >= 15 is 0 Å². The van der Waals surface area contributed by atoms with Crippen LogP contribution in [0.15, 0.2) is 72.3 Å². The van der Waals surface area contributed by atoms with Gasteiger partial charge in [-0.2, -0.15) is 18.4 Å². The average molecular weight is 529 g/mol. The third kappa shape index (κ3) is 6.02. The van der Waals surface area contributed by atoms with E-state index in [-0.39, 0.29) is 17.4 Å². The SMILES string of the molecule is N#CC(=Cc1ccc2c(c1)OCO2)C(=O)OC(C(=O)Nc1ccc(Cl)cc1C(F)(F)F)c1ccccc1. The van der Waals surface area contributed by atoms with Crippen molar-refractivity contribution in [2.24, 2.45) is 0 Å². The van der Waals surface area contributed by atoms with E-state index in [9.17, 15) is 28.0 Å². The van der Waals surface area contributed by atoms with Crippen molar-refractivity contribution in [3.63, 3.8) is 0 Å². The van der Waals surface area contributed by atoms with Crippen LogP contribution in [0, 0.1) is 11.3 Å². The molecule has 1 unspecified atom stereocenters. The highest BCUT2D eigenvalue weighted by Crippen LogP contribution is 2.37. The lowest BCUT2D eigenvalue weighted by Crippen LogP contribution is -2.27. The minimum Gasteiger partial charge on any atom is -0.454 e. The van der Waals surface area contributed by atoms with Crippen molar-refractivity contribution in [2.45, 2.75) is 12.3 Å². The summed E-state index contributed by atoms with van der Waals surface area (Å²) in [7, 11) is 0. The summed E-state index contributed by atoms with van der Waals surface area (Å²) < 4.78 is 56.3. The first kappa shape index (κ1) is 25.6. The highest BCUT2D eigenvalue weighted by atomic mass is 35.5. The molecule has 3 aromatic carbocycles. The Morgan fingerprint density at radius 2 is 1.78 bits per heavy atom. The summed E-state index contributed by atoms with van der Waals surface area (Å²) in [5, 5.41) is 11.5. The third-order valence-electron chi connectivity index (χ3n) is 5.16. The maximum Gasteiger partial charge on any atom is 0.418 e. The van der Waals surface area contributed by atoms with Crippen LogP contribution in [0.4, 0.5) is 18.9 Å². The second kappa shape index (κ2) is 10.6. The van der Waals surface area contributed by atoms with E-state index in [0.717, 1.165) is 6.07 Å². The zero-order chi connectivity index (χ0) is 26.6. The fraction of sp³-hybridized carbons (Fsp3) is 0.115. The van der Waals surface area contributed by atoms with Crippen LogP contribution in [-0.4, -0.2) is 18.7 Å². The minimum absolute atomic E-state index is 0.0349. The van der Waals surface area contributed by atoms with Crippen LogP contribution in [0.3, 0.4) is 0 Å². The molecule has 1 heterocycles. The monoisotopic (exact) mass is 528 g/mol. The molecule has 0 fully saturated rings. The number of anilines is 1. The molecule has 1 aliphatic heterocycles. The molecule has 0 spiro atoms. The molecule has 1 aliphatic rings. The van der Waals surface area contributed by atoms with Crippen LogP contribution >= 0.6 is 11.6 Å². The topological polar surface area (TPSA) is 97.7 Å². The number of benzene rings is 3. The Labute approximate surface area is 213 Å². The van der Waals surface area contributed by atoms with Crippen molar-refractivity contribution in [3.8, 4) is 17.6 Å². The first-order chi connectivity index (χ1) is 17.7. The van der Waals surface area contributed by atoms with E-state index in [1.54, 1.807) is 42.5 Å². The van der Waals surface area contributed by atoms with Crippen LogP contribution in [-0.2, 0) is 20.5 Å². The molecule has 0 saturated carbocycles. The molecule has 4 rings (SSSR count). The number of amides is 1. The predicted octanol–water partition coefficient (Wildman–Crippen LogP) is 5.92. The molecule has 7 nitrogen and oxygen atoms in total. The van der Waals surface area contributed by atoms with Gasteiger partial charge in [-0.1, -0.05) is 48.0 Å². The summed E-state index contributed by atoms with van der Waals surface area (Å²) in [5.74, 6) is -1.30. The molecular weight excluding hydrogens is 513 g/mol. The van der Waals surface area contributed by atoms with Gasteiger partial charge in [-0.05, 0) is 42.0 Å². The molecule has 1 N–H and O–H groups in total. The molecule has 0 radical (unpaired) electrons. The molecular formula is C26H16ClF3N2O5. The van der Waals surface area contributed by atoms with Gasteiger partial charge >= 0.3 is 12.1 Å². The maximum atomic E-state index is 13.5. The Hall–Kier alpha value is -4.49. The molecule has 0 aliphatic carbocycles. The molecule has 1 atom stereocenters. The molecule has 3 aromatic rings. The highest BCUT2D eigenvalue weighted by molar-refractivity contribution is 6.30. The Balaban J connectivity index is 1.62. The van der Waals surface area contributed by atoms with E-state index < -0.39 is 41.0 Å². The third-order valence-corrected chi connectivity index (χ3v) is 5.39. The van der Waals surface area contributed by atoms with Crippen molar-refractivity contribution < 1.29 is 37.0 Å². The Bertz CT molecular complexity index is 1420. The zero-order valence-corrected chi connectivity index (χ0v) is 19.5. The van der Waals surface area contributed by atoms with Gasteiger partial charge in [0.15, 0.2) is 11.5 Å². The molecule has 0 saturated heterocycles. The summed E-state index contributed by atoms with van der Waals surface area (Å²) >= 11 is 5.70. The van der Waals surface area contributed by atoms with Gasteiger partial charge in [0.2, 0.25) is 12.9 Å². The number of ether oxygens (including phenoxy) is 3. The summed E-state index contributed by atoms with van der Waals surface area (Å²) in [5.41, 5.74) is -1.59. The van der Waals surface area contributed by atoms with Crippen LogP contribution in [0.25, 0.3) is 6.08 Å². The molecule has 0 aromatic heterocycles. The van der Waals surface area contributed by atoms with Crippen LogP contribution in [0.2, 0.25) is 5.02 Å². The fourth-order valence-electron chi connectivity index (χ4n) is 3.44. The number of nitriles is 1. The largest absolute Gasteiger partial charge is 0.454 e. The molecule has 1 amide bonds. The second-order valence-corrected chi connectivity index (χ2v) is 8.09. The van der Waals surface area contributed by atoms with E-state index in [1.807, 2.05) is 0 Å². The van der Waals surface area contributed by atoms with Gasteiger partial charge in [0.1, 0.15) is 11.6 Å². The first-order valence-corrected chi connectivity index (χ1v) is 11.0. The number of halogens is 4. The highest BCUT2D eigenvalue weighted by Gasteiger charge is 2.35. The van der Waals surface area contributed by atoms with Gasteiger partial charge in [-0.15, -0.1) is 0 Å². The number of hydrogen-bond acceptors (Lipinski definition) is 6. The minimum atomic E-state index is -4.81. The molecule has 37 heavy (non-hydrogen) atoms. The van der Waals surface area contributed by atoms with Crippen LogP contribution < -0.4 is 14.8 Å². The Kier molecular flexibility index (Phi) is 7.36. The van der Waals surface area contributed by atoms with E-state index in [4.69, 9.17) is 25.8 Å². The lowest BCUT2D eigenvalue weighted by molar-refractivity contribution is -0.150. The van der Waals surface area contributed by atoms with Gasteiger partial charge < -0.3 is 19.5 Å². The Morgan fingerprint density at radius 1 is 1.05 bits per heavy atom. The van der Waals surface area contributed by atoms with Crippen molar-refractivity contribution >= 4 is 35.2 Å². The number of nitrogens with zero attached hydrogens (tertiary/aromatic N) is 1. The van der Waals surface area contributed by atoms with E-state index in [2.05, 4.69) is 5.32 Å². The predicted molar refractivity (Wildman–Crippen MR) is 127 cm³/mol. The number of esters is 1. The fourth-order valence-corrected chi connectivity index (χ4v) is 3.61. The van der Waals surface area contributed by atoms with E-state index in [1.165, 1.54) is 24.3 Å². The quantitative estimate of drug-likeness (QED) is 0.242. The standard InChI is InChI=1S/C26H16ClF3N2O5/c27-18-7-8-20(19(12-18)26(28,29)30)32-24(33)23(16-4-2-1-3-5-16)37-25(34)17(13-31)10-15-6-9-21-22(11-15)36-14-35-21/h1-12,23H,14H2,(H,32,33). The number of alkyl halides is 3. The van der Waals surface area contributed by atoms with Gasteiger partial charge in [0, 0.05) is 10.6 Å². The molecule has 11 heteroatoms. The van der Waals surface area contributed by atoms with Crippen LogP contribution in [0.1, 0.15) is 22.8 Å². The van der Waals surface area contributed by atoms with Crippen LogP contribution in [0.5, 0.6) is 11.5 Å².